The minimum Gasteiger partial charge on any atom is -0.372 e. The number of alkyl halides is 3. The number of nitrogens with one attached hydrogen (secondary N) is 3. The molecule has 0 saturated carbocycles. The molecule has 4 rings (SSSR count). The van der Waals surface area contributed by atoms with E-state index in [-0.39, 0.29) is 22.9 Å². The standard InChI is InChI=1S/C18H15ClF3N7O3S/c1-7(26-14(31)10-4-25-17-28-13(30)6-29(10)17)16-24-5-11(33-16)15(32)27-12-2-8(18(20,21)22)9(19)3-23-12/h2-5,7,13,30H,6H2,1H3,(H,25,28)(H,26,31)(H,23,27,32)/t7-,13?/m1/s1. The zero-order valence-corrected chi connectivity index (χ0v) is 18.2. The van der Waals surface area contributed by atoms with Gasteiger partial charge in [-0.25, -0.2) is 15.0 Å². The Morgan fingerprint density at radius 3 is 2.76 bits per heavy atom. The highest BCUT2D eigenvalue weighted by Crippen LogP contribution is 2.35. The number of thiazole rings is 1. The molecule has 0 aromatic carbocycles. The van der Waals surface area contributed by atoms with Crippen LogP contribution in [0.25, 0.3) is 0 Å². The van der Waals surface area contributed by atoms with Gasteiger partial charge < -0.3 is 25.6 Å². The molecule has 0 radical (unpaired) electrons. The quantitative estimate of drug-likeness (QED) is 0.422. The molecule has 3 aromatic heterocycles. The van der Waals surface area contributed by atoms with E-state index >= 15 is 0 Å². The molecule has 174 valence electrons. The number of hydrogen-bond donors (Lipinski definition) is 4. The lowest BCUT2D eigenvalue weighted by Crippen LogP contribution is -2.28. The van der Waals surface area contributed by atoms with E-state index in [0.29, 0.717) is 17.0 Å². The van der Waals surface area contributed by atoms with Gasteiger partial charge in [0.25, 0.3) is 11.8 Å². The van der Waals surface area contributed by atoms with Crippen molar-refractivity contribution in [3.05, 3.63) is 50.8 Å². The predicted molar refractivity (Wildman–Crippen MR) is 112 cm³/mol. The SMILES string of the molecule is C[C@@H](NC(=O)c1cnc2n1CC(O)N2)c1ncc(C(=O)Nc2cc(C(F)(F)F)c(Cl)cn2)s1. The van der Waals surface area contributed by atoms with Crippen LogP contribution in [-0.4, -0.2) is 42.7 Å². The van der Waals surface area contributed by atoms with Gasteiger partial charge in [0, 0.05) is 6.20 Å². The van der Waals surface area contributed by atoms with Crippen LogP contribution in [0.2, 0.25) is 5.02 Å². The summed E-state index contributed by atoms with van der Waals surface area (Å²) < 4.78 is 40.5. The molecular weight excluding hydrogens is 487 g/mol. The number of hydrogen-bond acceptors (Lipinski definition) is 8. The summed E-state index contributed by atoms with van der Waals surface area (Å²) >= 11 is 6.49. The van der Waals surface area contributed by atoms with Crippen molar-refractivity contribution in [2.75, 3.05) is 10.6 Å². The number of aliphatic hydroxyl groups is 1. The fraction of sp³-hybridized carbons (Fsp3) is 0.278. The minimum atomic E-state index is -4.70. The smallest absolute Gasteiger partial charge is 0.372 e. The van der Waals surface area contributed by atoms with Crippen molar-refractivity contribution < 1.29 is 27.9 Å². The van der Waals surface area contributed by atoms with Crippen LogP contribution in [0.15, 0.2) is 24.7 Å². The molecule has 1 aliphatic heterocycles. The van der Waals surface area contributed by atoms with Crippen molar-refractivity contribution in [2.45, 2.75) is 31.9 Å². The van der Waals surface area contributed by atoms with Crippen LogP contribution in [0.4, 0.5) is 24.9 Å². The molecule has 0 aliphatic carbocycles. The van der Waals surface area contributed by atoms with Gasteiger partial charge in [-0.05, 0) is 13.0 Å². The number of carbonyl (C=O) groups excluding carboxylic acids is 2. The second-order valence-corrected chi connectivity index (χ2v) is 8.47. The topological polar surface area (TPSA) is 134 Å². The summed E-state index contributed by atoms with van der Waals surface area (Å²) in [6, 6.07) is 0.0564. The number of halogens is 4. The summed E-state index contributed by atoms with van der Waals surface area (Å²) in [6.07, 6.45) is -2.12. The zero-order valence-electron chi connectivity index (χ0n) is 16.6. The van der Waals surface area contributed by atoms with Gasteiger partial charge in [0.1, 0.15) is 27.6 Å². The first-order valence-electron chi connectivity index (χ1n) is 9.33. The number of fused-ring (bicyclic) bond motifs is 1. The summed E-state index contributed by atoms with van der Waals surface area (Å²) in [5, 5.41) is 17.1. The third kappa shape index (κ3) is 4.77. The van der Waals surface area contributed by atoms with Crippen LogP contribution in [0, 0.1) is 0 Å². The largest absolute Gasteiger partial charge is 0.418 e. The van der Waals surface area contributed by atoms with E-state index in [9.17, 15) is 27.9 Å². The van der Waals surface area contributed by atoms with E-state index in [1.165, 1.54) is 17.0 Å². The molecule has 0 saturated heterocycles. The summed E-state index contributed by atoms with van der Waals surface area (Å²) in [5.74, 6) is -1.12. The average Bonchev–Trinajstić information content (AvgIpc) is 3.44. The molecule has 0 fully saturated rings. The van der Waals surface area contributed by atoms with E-state index in [0.717, 1.165) is 17.5 Å². The highest BCUT2D eigenvalue weighted by Gasteiger charge is 2.34. The zero-order chi connectivity index (χ0) is 23.9. The first-order chi connectivity index (χ1) is 15.5. The highest BCUT2D eigenvalue weighted by molar-refractivity contribution is 7.13. The Kier molecular flexibility index (Phi) is 5.99. The Balaban J connectivity index is 1.42. The second-order valence-electron chi connectivity index (χ2n) is 7.00. The van der Waals surface area contributed by atoms with E-state index in [4.69, 9.17) is 11.6 Å². The van der Waals surface area contributed by atoms with Crippen molar-refractivity contribution >= 4 is 46.5 Å². The second kappa shape index (κ2) is 8.61. The molecule has 15 heteroatoms. The Morgan fingerprint density at radius 2 is 2.03 bits per heavy atom. The molecule has 3 aromatic rings. The van der Waals surface area contributed by atoms with Gasteiger partial charge >= 0.3 is 6.18 Å². The van der Waals surface area contributed by atoms with Gasteiger partial charge in [0.05, 0.1) is 35.6 Å². The maximum Gasteiger partial charge on any atom is 0.418 e. The van der Waals surface area contributed by atoms with Gasteiger partial charge in [0.2, 0.25) is 5.95 Å². The molecule has 33 heavy (non-hydrogen) atoms. The summed E-state index contributed by atoms with van der Waals surface area (Å²) in [7, 11) is 0. The van der Waals surface area contributed by atoms with E-state index in [1.54, 1.807) is 6.92 Å². The molecule has 4 heterocycles. The Morgan fingerprint density at radius 1 is 1.27 bits per heavy atom. The molecule has 10 nitrogen and oxygen atoms in total. The lowest BCUT2D eigenvalue weighted by atomic mass is 10.2. The molecule has 2 atom stereocenters. The van der Waals surface area contributed by atoms with Crippen molar-refractivity contribution in [1.82, 2.24) is 24.8 Å². The van der Waals surface area contributed by atoms with E-state index in [1.807, 2.05) is 0 Å². The van der Waals surface area contributed by atoms with Gasteiger partial charge in [-0.15, -0.1) is 11.3 Å². The number of pyridine rings is 1. The van der Waals surface area contributed by atoms with Gasteiger partial charge in [-0.3, -0.25) is 9.59 Å². The number of nitrogens with zero attached hydrogens (tertiary/aromatic N) is 4. The molecule has 1 aliphatic rings. The molecular formula is C18H15ClF3N7O3S. The first kappa shape index (κ1) is 22.9. The molecule has 1 unspecified atom stereocenters. The predicted octanol–water partition coefficient (Wildman–Crippen LogP) is 2.89. The summed E-state index contributed by atoms with van der Waals surface area (Å²) in [5.41, 5.74) is -0.880. The summed E-state index contributed by atoms with van der Waals surface area (Å²) in [4.78, 5) is 37.0. The van der Waals surface area contributed by atoms with Crippen LogP contribution in [0.5, 0.6) is 0 Å². The van der Waals surface area contributed by atoms with Crippen LogP contribution >= 0.6 is 22.9 Å². The normalized spacial score (nSPS) is 16.1. The maximum absolute atomic E-state index is 13.0. The van der Waals surface area contributed by atoms with Crippen LogP contribution in [0.1, 0.15) is 43.7 Å². The van der Waals surface area contributed by atoms with Gasteiger partial charge in [0.15, 0.2) is 0 Å². The van der Waals surface area contributed by atoms with Gasteiger partial charge in [-0.2, -0.15) is 13.2 Å². The molecule has 0 spiro atoms. The number of carbonyl (C=O) groups is 2. The first-order valence-corrected chi connectivity index (χ1v) is 10.5. The third-order valence-corrected chi connectivity index (χ3v) is 6.09. The number of anilines is 2. The maximum atomic E-state index is 13.0. The lowest BCUT2D eigenvalue weighted by molar-refractivity contribution is -0.137. The van der Waals surface area contributed by atoms with Crippen molar-refractivity contribution in [3.8, 4) is 0 Å². The Hall–Kier alpha value is -3.23. The number of imidazole rings is 1. The lowest BCUT2D eigenvalue weighted by Gasteiger charge is -2.12. The van der Waals surface area contributed by atoms with E-state index < -0.39 is 40.8 Å². The number of aromatic nitrogens is 4. The monoisotopic (exact) mass is 501 g/mol. The number of rotatable bonds is 5. The fourth-order valence-electron chi connectivity index (χ4n) is 3.05. The Bertz CT molecular complexity index is 1230. The highest BCUT2D eigenvalue weighted by atomic mass is 35.5. The molecule has 0 bridgehead atoms. The average molecular weight is 502 g/mol. The van der Waals surface area contributed by atoms with Gasteiger partial charge in [-0.1, -0.05) is 11.6 Å². The summed E-state index contributed by atoms with van der Waals surface area (Å²) in [6.45, 7) is 1.83. The minimum absolute atomic E-state index is 0.106. The molecule has 2 amide bonds. The number of amides is 2. The van der Waals surface area contributed by atoms with E-state index in [2.05, 4.69) is 30.9 Å². The van der Waals surface area contributed by atoms with Crippen molar-refractivity contribution in [3.63, 3.8) is 0 Å². The van der Waals surface area contributed by atoms with Crippen LogP contribution < -0.4 is 16.0 Å². The Labute approximate surface area is 192 Å². The molecule has 4 N–H and O–H groups in total. The third-order valence-electron chi connectivity index (χ3n) is 4.61. The fourth-order valence-corrected chi connectivity index (χ4v) is 4.08. The number of aliphatic hydroxyl groups excluding tert-OH is 1. The van der Waals surface area contributed by atoms with Crippen molar-refractivity contribution in [2.24, 2.45) is 0 Å². The van der Waals surface area contributed by atoms with Crippen LogP contribution in [-0.2, 0) is 12.7 Å². The van der Waals surface area contributed by atoms with Crippen LogP contribution in [0.3, 0.4) is 0 Å². The van der Waals surface area contributed by atoms with Crippen molar-refractivity contribution in [1.29, 1.82) is 0 Å².